The minimum absolute atomic E-state index is 0.872. The number of methoxy groups -OCH3 is 1. The standard InChI is InChI=1S/C14H31N.C5H12O/c1-2-3-4-5-6-7-8-9-10-11-12-13-14-15;1-3-4-5-6-2/h2-15H2,1H3;3-5H2,1-2H3. The summed E-state index contributed by atoms with van der Waals surface area (Å²) in [6, 6.07) is 0. The van der Waals surface area contributed by atoms with Gasteiger partial charge in [0.25, 0.3) is 0 Å². The van der Waals surface area contributed by atoms with Gasteiger partial charge in [0.1, 0.15) is 0 Å². The molecule has 0 spiro atoms. The van der Waals surface area contributed by atoms with Crippen molar-refractivity contribution in [2.45, 2.75) is 104 Å². The molecule has 130 valence electrons. The molecule has 0 atom stereocenters. The fourth-order valence-electron chi connectivity index (χ4n) is 2.27. The van der Waals surface area contributed by atoms with Crippen LogP contribution in [0.2, 0.25) is 0 Å². The molecule has 0 radical (unpaired) electrons. The van der Waals surface area contributed by atoms with Gasteiger partial charge >= 0.3 is 0 Å². The van der Waals surface area contributed by atoms with Crippen LogP contribution in [0.1, 0.15) is 104 Å². The quantitative estimate of drug-likeness (QED) is 0.372. The summed E-state index contributed by atoms with van der Waals surface area (Å²) in [5.74, 6) is 0. The van der Waals surface area contributed by atoms with E-state index in [1.807, 2.05) is 0 Å². The van der Waals surface area contributed by atoms with Gasteiger partial charge < -0.3 is 10.5 Å². The van der Waals surface area contributed by atoms with Crippen molar-refractivity contribution in [3.63, 3.8) is 0 Å². The summed E-state index contributed by atoms with van der Waals surface area (Å²) in [6.07, 6.45) is 19.3. The molecule has 0 aliphatic rings. The highest BCUT2D eigenvalue weighted by atomic mass is 16.5. The van der Waals surface area contributed by atoms with Gasteiger partial charge in [0.2, 0.25) is 0 Å². The van der Waals surface area contributed by atoms with E-state index < -0.39 is 0 Å². The summed E-state index contributed by atoms with van der Waals surface area (Å²) in [5.41, 5.74) is 5.45. The van der Waals surface area contributed by atoms with Crippen molar-refractivity contribution >= 4 is 0 Å². The summed E-state index contributed by atoms with van der Waals surface area (Å²) in [6.45, 7) is 6.22. The maximum absolute atomic E-state index is 5.45. The fraction of sp³-hybridized carbons (Fsp3) is 1.00. The topological polar surface area (TPSA) is 35.2 Å². The van der Waals surface area contributed by atoms with Crippen LogP contribution in [0, 0.1) is 0 Å². The van der Waals surface area contributed by atoms with Crippen molar-refractivity contribution < 1.29 is 4.74 Å². The van der Waals surface area contributed by atoms with E-state index in [9.17, 15) is 0 Å². The van der Waals surface area contributed by atoms with Gasteiger partial charge in [-0.25, -0.2) is 0 Å². The van der Waals surface area contributed by atoms with Gasteiger partial charge in [-0.05, 0) is 19.4 Å². The molecule has 0 aromatic rings. The first kappa shape index (κ1) is 23.2. The number of rotatable bonds is 15. The minimum atomic E-state index is 0.872. The zero-order valence-corrected chi connectivity index (χ0v) is 15.3. The van der Waals surface area contributed by atoms with Crippen molar-refractivity contribution in [1.82, 2.24) is 0 Å². The smallest absolute Gasteiger partial charge is 0.0462 e. The van der Waals surface area contributed by atoms with Crippen LogP contribution in [0.15, 0.2) is 0 Å². The van der Waals surface area contributed by atoms with E-state index in [0.29, 0.717) is 0 Å². The second-order valence-electron chi connectivity index (χ2n) is 6.02. The average molecular weight is 302 g/mol. The molecule has 0 bridgehead atoms. The summed E-state index contributed by atoms with van der Waals surface area (Å²) in [7, 11) is 1.73. The van der Waals surface area contributed by atoms with Crippen molar-refractivity contribution in [1.29, 1.82) is 0 Å². The predicted octanol–water partition coefficient (Wildman–Crippen LogP) is 6.08. The Kier molecular flexibility index (Phi) is 27.5. The third-order valence-electron chi connectivity index (χ3n) is 3.76. The number of hydrogen-bond donors (Lipinski definition) is 1. The second-order valence-corrected chi connectivity index (χ2v) is 6.02. The average Bonchev–Trinajstić information content (AvgIpc) is 2.51. The molecule has 0 amide bonds. The van der Waals surface area contributed by atoms with E-state index in [2.05, 4.69) is 13.8 Å². The molecule has 0 aromatic carbocycles. The summed E-state index contributed by atoms with van der Waals surface area (Å²) in [5, 5.41) is 0. The Labute approximate surface area is 135 Å². The maximum Gasteiger partial charge on any atom is 0.0462 e. The van der Waals surface area contributed by atoms with Crippen LogP contribution in [0.4, 0.5) is 0 Å². The maximum atomic E-state index is 5.45. The van der Waals surface area contributed by atoms with Gasteiger partial charge in [-0.15, -0.1) is 0 Å². The van der Waals surface area contributed by atoms with E-state index in [0.717, 1.165) is 13.2 Å². The van der Waals surface area contributed by atoms with Gasteiger partial charge in [0, 0.05) is 13.7 Å². The molecular weight excluding hydrogens is 258 g/mol. The Morgan fingerprint density at radius 1 is 0.571 bits per heavy atom. The molecule has 0 saturated heterocycles. The van der Waals surface area contributed by atoms with Crippen molar-refractivity contribution in [2.75, 3.05) is 20.3 Å². The molecule has 0 saturated carbocycles. The van der Waals surface area contributed by atoms with Crippen molar-refractivity contribution in [2.24, 2.45) is 5.73 Å². The number of nitrogens with two attached hydrogens (primary N) is 1. The third-order valence-corrected chi connectivity index (χ3v) is 3.76. The molecular formula is C19H43NO. The third kappa shape index (κ3) is 28.7. The van der Waals surface area contributed by atoms with Gasteiger partial charge in [0.15, 0.2) is 0 Å². The molecule has 0 rings (SSSR count). The van der Waals surface area contributed by atoms with Crippen LogP contribution < -0.4 is 5.73 Å². The molecule has 0 heterocycles. The van der Waals surface area contributed by atoms with Crippen LogP contribution in [0.25, 0.3) is 0 Å². The lowest BCUT2D eigenvalue weighted by Gasteiger charge is -2.01. The largest absolute Gasteiger partial charge is 0.385 e. The fourth-order valence-corrected chi connectivity index (χ4v) is 2.27. The van der Waals surface area contributed by atoms with Gasteiger partial charge in [0.05, 0.1) is 0 Å². The highest BCUT2D eigenvalue weighted by Gasteiger charge is 1.92. The lowest BCUT2D eigenvalue weighted by molar-refractivity contribution is 0.194. The predicted molar refractivity (Wildman–Crippen MR) is 96.9 cm³/mol. The van der Waals surface area contributed by atoms with E-state index in [4.69, 9.17) is 10.5 Å². The summed E-state index contributed by atoms with van der Waals surface area (Å²) < 4.78 is 4.78. The second kappa shape index (κ2) is 24.9. The van der Waals surface area contributed by atoms with E-state index in [1.165, 1.54) is 89.9 Å². The molecule has 0 unspecified atom stereocenters. The highest BCUT2D eigenvalue weighted by Crippen LogP contribution is 2.11. The SMILES string of the molecule is CCCCCCCCCCCCCCN.CCCCOC. The number of hydrogen-bond acceptors (Lipinski definition) is 2. The number of unbranched alkanes of at least 4 members (excludes halogenated alkanes) is 12. The van der Waals surface area contributed by atoms with E-state index in [-0.39, 0.29) is 0 Å². The van der Waals surface area contributed by atoms with E-state index in [1.54, 1.807) is 7.11 Å². The van der Waals surface area contributed by atoms with Gasteiger partial charge in [-0.1, -0.05) is 90.9 Å². The molecule has 0 aliphatic carbocycles. The normalized spacial score (nSPS) is 10.3. The van der Waals surface area contributed by atoms with Crippen molar-refractivity contribution in [3.8, 4) is 0 Å². The van der Waals surface area contributed by atoms with Crippen LogP contribution in [0.5, 0.6) is 0 Å². The van der Waals surface area contributed by atoms with Crippen LogP contribution in [0.3, 0.4) is 0 Å². The zero-order valence-electron chi connectivity index (χ0n) is 15.3. The van der Waals surface area contributed by atoms with Crippen molar-refractivity contribution in [3.05, 3.63) is 0 Å². The molecule has 0 aromatic heterocycles. The number of ether oxygens (including phenoxy) is 1. The first-order valence-electron chi connectivity index (χ1n) is 9.52. The Morgan fingerprint density at radius 3 is 1.24 bits per heavy atom. The first-order chi connectivity index (χ1) is 10.3. The molecule has 0 aliphatic heterocycles. The van der Waals surface area contributed by atoms with Crippen LogP contribution >= 0.6 is 0 Å². The zero-order chi connectivity index (χ0) is 16.0. The molecule has 2 nitrogen and oxygen atoms in total. The Morgan fingerprint density at radius 2 is 0.952 bits per heavy atom. The minimum Gasteiger partial charge on any atom is -0.385 e. The molecule has 21 heavy (non-hydrogen) atoms. The molecule has 0 fully saturated rings. The first-order valence-corrected chi connectivity index (χ1v) is 9.52. The molecule has 2 heteroatoms. The Balaban J connectivity index is 0. The lowest BCUT2D eigenvalue weighted by Crippen LogP contribution is -1.97. The van der Waals surface area contributed by atoms with Gasteiger partial charge in [-0.3, -0.25) is 0 Å². The molecule has 2 N–H and O–H groups in total. The van der Waals surface area contributed by atoms with E-state index >= 15 is 0 Å². The van der Waals surface area contributed by atoms with Crippen LogP contribution in [-0.4, -0.2) is 20.3 Å². The summed E-state index contributed by atoms with van der Waals surface area (Å²) >= 11 is 0. The van der Waals surface area contributed by atoms with Crippen LogP contribution in [-0.2, 0) is 4.74 Å². The van der Waals surface area contributed by atoms with Gasteiger partial charge in [-0.2, -0.15) is 0 Å². The Hall–Kier alpha value is -0.0800. The lowest BCUT2D eigenvalue weighted by atomic mass is 10.1. The Bertz CT molecular complexity index is 135. The monoisotopic (exact) mass is 301 g/mol. The highest BCUT2D eigenvalue weighted by molar-refractivity contribution is 4.48. The summed E-state index contributed by atoms with van der Waals surface area (Å²) in [4.78, 5) is 0.